The predicted molar refractivity (Wildman–Crippen MR) is 101 cm³/mol. The van der Waals surface area contributed by atoms with Crippen LogP contribution in [0.2, 0.25) is 5.02 Å². The standard InChI is InChI=1S/C17H13ClN2O7S/c1-9-16(17(21)26-2)12-7-10(3-6-14(12)27-9)19-28(24,25)15-8-11(20(22)23)4-5-13(15)18/h3-8,19H,1-2H3. The first-order valence-corrected chi connectivity index (χ1v) is 9.58. The summed E-state index contributed by atoms with van der Waals surface area (Å²) in [6, 6.07) is 7.42. The van der Waals surface area contributed by atoms with Gasteiger partial charge >= 0.3 is 5.97 Å². The van der Waals surface area contributed by atoms with Crippen LogP contribution < -0.4 is 4.72 Å². The number of methoxy groups -OCH3 is 1. The fourth-order valence-corrected chi connectivity index (χ4v) is 4.23. The lowest BCUT2D eigenvalue weighted by Crippen LogP contribution is -2.14. The van der Waals surface area contributed by atoms with E-state index in [1.807, 2.05) is 0 Å². The molecule has 0 fully saturated rings. The molecule has 0 aliphatic rings. The molecule has 0 spiro atoms. The molecule has 146 valence electrons. The Labute approximate surface area is 164 Å². The lowest BCUT2D eigenvalue weighted by molar-refractivity contribution is -0.385. The molecule has 0 amide bonds. The molecule has 3 rings (SSSR count). The largest absolute Gasteiger partial charge is 0.465 e. The maximum Gasteiger partial charge on any atom is 0.342 e. The zero-order valence-electron chi connectivity index (χ0n) is 14.6. The van der Waals surface area contributed by atoms with Crippen molar-refractivity contribution in [3.05, 3.63) is 62.9 Å². The number of non-ortho nitro benzene ring substituents is 1. The number of carbonyl (C=O) groups is 1. The van der Waals surface area contributed by atoms with E-state index in [4.69, 9.17) is 20.8 Å². The molecule has 0 aliphatic heterocycles. The Morgan fingerprint density at radius 2 is 1.96 bits per heavy atom. The molecule has 3 aromatic rings. The molecular weight excluding hydrogens is 412 g/mol. The summed E-state index contributed by atoms with van der Waals surface area (Å²) in [5, 5.41) is 11.1. The van der Waals surface area contributed by atoms with Gasteiger partial charge in [-0.05, 0) is 31.2 Å². The number of esters is 1. The van der Waals surface area contributed by atoms with Gasteiger partial charge in [-0.25, -0.2) is 13.2 Å². The van der Waals surface area contributed by atoms with Crippen LogP contribution >= 0.6 is 11.6 Å². The number of carbonyl (C=O) groups excluding carboxylic acids is 1. The minimum absolute atomic E-state index is 0.112. The quantitative estimate of drug-likeness (QED) is 0.373. The minimum atomic E-state index is -4.23. The number of nitro benzene ring substituents is 1. The highest BCUT2D eigenvalue weighted by Crippen LogP contribution is 2.31. The number of rotatable bonds is 5. The van der Waals surface area contributed by atoms with Crippen molar-refractivity contribution >= 4 is 49.9 Å². The topological polar surface area (TPSA) is 129 Å². The molecule has 1 heterocycles. The molecule has 0 bridgehead atoms. The Hall–Kier alpha value is -3.11. The van der Waals surface area contributed by atoms with Gasteiger partial charge < -0.3 is 9.15 Å². The zero-order valence-corrected chi connectivity index (χ0v) is 16.1. The van der Waals surface area contributed by atoms with Crippen molar-refractivity contribution in [2.75, 3.05) is 11.8 Å². The number of sulfonamides is 1. The molecule has 1 N–H and O–H groups in total. The van der Waals surface area contributed by atoms with E-state index in [-0.39, 0.29) is 16.3 Å². The monoisotopic (exact) mass is 424 g/mol. The van der Waals surface area contributed by atoms with E-state index in [0.29, 0.717) is 16.7 Å². The smallest absolute Gasteiger partial charge is 0.342 e. The summed E-state index contributed by atoms with van der Waals surface area (Å²) in [6.07, 6.45) is 0. The first-order valence-electron chi connectivity index (χ1n) is 7.72. The van der Waals surface area contributed by atoms with Crippen molar-refractivity contribution in [2.45, 2.75) is 11.8 Å². The van der Waals surface area contributed by atoms with E-state index in [1.165, 1.54) is 25.3 Å². The lowest BCUT2D eigenvalue weighted by atomic mass is 10.1. The van der Waals surface area contributed by atoms with Crippen LogP contribution in [0.3, 0.4) is 0 Å². The van der Waals surface area contributed by atoms with Crippen molar-refractivity contribution in [1.82, 2.24) is 0 Å². The molecular formula is C17H13ClN2O7S. The summed E-state index contributed by atoms with van der Waals surface area (Å²) in [6.45, 7) is 1.58. The second kappa shape index (κ2) is 7.13. The number of fused-ring (bicyclic) bond motifs is 1. The first kappa shape index (κ1) is 19.6. The van der Waals surface area contributed by atoms with Crippen LogP contribution in [-0.2, 0) is 14.8 Å². The highest BCUT2D eigenvalue weighted by atomic mass is 35.5. The summed E-state index contributed by atoms with van der Waals surface area (Å²) in [7, 11) is -3.01. The third-order valence-corrected chi connectivity index (χ3v) is 5.78. The number of aryl methyl sites for hydroxylation is 1. The van der Waals surface area contributed by atoms with E-state index >= 15 is 0 Å². The van der Waals surface area contributed by atoms with Crippen LogP contribution in [-0.4, -0.2) is 26.4 Å². The number of ether oxygens (including phenoxy) is 1. The molecule has 1 aromatic heterocycles. The highest BCUT2D eigenvalue weighted by molar-refractivity contribution is 7.92. The van der Waals surface area contributed by atoms with Crippen LogP contribution in [0.4, 0.5) is 11.4 Å². The van der Waals surface area contributed by atoms with Gasteiger partial charge in [-0.15, -0.1) is 0 Å². The number of halogens is 1. The molecule has 0 saturated heterocycles. The second-order valence-corrected chi connectivity index (χ2v) is 7.77. The average Bonchev–Trinajstić information content (AvgIpc) is 2.95. The van der Waals surface area contributed by atoms with Crippen molar-refractivity contribution in [2.24, 2.45) is 0 Å². The summed E-state index contributed by atoms with van der Waals surface area (Å²) < 4.78 is 37.9. The summed E-state index contributed by atoms with van der Waals surface area (Å²) in [4.78, 5) is 21.7. The molecule has 0 aliphatic carbocycles. The molecule has 0 atom stereocenters. The Bertz CT molecular complexity index is 1220. The summed E-state index contributed by atoms with van der Waals surface area (Å²) >= 11 is 5.92. The number of furan rings is 1. The Morgan fingerprint density at radius 3 is 2.61 bits per heavy atom. The molecule has 11 heteroatoms. The van der Waals surface area contributed by atoms with E-state index in [0.717, 1.165) is 18.2 Å². The fourth-order valence-electron chi connectivity index (χ4n) is 2.66. The van der Waals surface area contributed by atoms with Gasteiger partial charge in [-0.3, -0.25) is 14.8 Å². The van der Waals surface area contributed by atoms with E-state index in [1.54, 1.807) is 6.92 Å². The zero-order chi connectivity index (χ0) is 20.6. The average molecular weight is 425 g/mol. The summed E-state index contributed by atoms with van der Waals surface area (Å²) in [5.41, 5.74) is 0.237. The fraction of sp³-hybridized carbons (Fsp3) is 0.118. The van der Waals surface area contributed by atoms with Crippen LogP contribution in [0.15, 0.2) is 45.7 Å². The minimum Gasteiger partial charge on any atom is -0.465 e. The number of hydrogen-bond acceptors (Lipinski definition) is 7. The number of benzene rings is 2. The maximum atomic E-state index is 12.7. The van der Waals surface area contributed by atoms with Gasteiger partial charge in [0.1, 0.15) is 21.8 Å². The van der Waals surface area contributed by atoms with Gasteiger partial charge in [-0.2, -0.15) is 0 Å². The van der Waals surface area contributed by atoms with Gasteiger partial charge in [0.25, 0.3) is 15.7 Å². The molecule has 0 saturated carbocycles. The Balaban J connectivity index is 2.06. The van der Waals surface area contributed by atoms with Gasteiger partial charge in [0, 0.05) is 23.2 Å². The van der Waals surface area contributed by atoms with Gasteiger partial charge in [0.2, 0.25) is 0 Å². The second-order valence-electron chi connectivity index (χ2n) is 5.71. The SMILES string of the molecule is COC(=O)c1c(C)oc2ccc(NS(=O)(=O)c3cc([N+](=O)[O-])ccc3Cl)cc12. The Morgan fingerprint density at radius 1 is 1.25 bits per heavy atom. The maximum absolute atomic E-state index is 12.7. The number of hydrogen-bond donors (Lipinski definition) is 1. The molecule has 0 radical (unpaired) electrons. The van der Waals surface area contributed by atoms with Crippen molar-refractivity contribution in [3.8, 4) is 0 Å². The van der Waals surface area contributed by atoms with E-state index in [9.17, 15) is 23.3 Å². The first-order chi connectivity index (χ1) is 13.1. The molecule has 0 unspecified atom stereocenters. The third kappa shape index (κ3) is 3.51. The molecule has 2 aromatic carbocycles. The number of nitro groups is 1. The van der Waals surface area contributed by atoms with Gasteiger partial charge in [0.15, 0.2) is 0 Å². The van der Waals surface area contributed by atoms with Gasteiger partial charge in [-0.1, -0.05) is 11.6 Å². The van der Waals surface area contributed by atoms with E-state index < -0.39 is 31.5 Å². The van der Waals surface area contributed by atoms with Crippen molar-refractivity contribution < 1.29 is 27.3 Å². The van der Waals surface area contributed by atoms with E-state index in [2.05, 4.69) is 4.72 Å². The van der Waals surface area contributed by atoms with Crippen molar-refractivity contribution in [3.63, 3.8) is 0 Å². The Kier molecular flexibility index (Phi) is 5.01. The predicted octanol–water partition coefficient (Wildman–Crippen LogP) is 3.89. The van der Waals surface area contributed by atoms with Crippen LogP contribution in [0.5, 0.6) is 0 Å². The third-order valence-electron chi connectivity index (χ3n) is 3.92. The number of nitrogens with one attached hydrogen (secondary N) is 1. The number of anilines is 1. The van der Waals surface area contributed by atoms with Crippen molar-refractivity contribution in [1.29, 1.82) is 0 Å². The van der Waals surface area contributed by atoms with Crippen LogP contribution in [0.25, 0.3) is 11.0 Å². The normalized spacial score (nSPS) is 11.4. The highest BCUT2D eigenvalue weighted by Gasteiger charge is 2.23. The van der Waals surface area contributed by atoms with Gasteiger partial charge in [0.05, 0.1) is 17.1 Å². The van der Waals surface area contributed by atoms with Crippen LogP contribution in [0, 0.1) is 17.0 Å². The molecule has 9 nitrogen and oxygen atoms in total. The lowest BCUT2D eigenvalue weighted by Gasteiger charge is -2.09. The van der Waals surface area contributed by atoms with Crippen LogP contribution in [0.1, 0.15) is 16.1 Å². The molecule has 28 heavy (non-hydrogen) atoms. The summed E-state index contributed by atoms with van der Waals surface area (Å²) in [5.74, 6) is -0.304. The number of nitrogens with zero attached hydrogens (tertiary/aromatic N) is 1.